The predicted octanol–water partition coefficient (Wildman–Crippen LogP) is 2.46. The van der Waals surface area contributed by atoms with E-state index < -0.39 is 0 Å². The number of rotatable bonds is 2. The molecule has 0 bridgehead atoms. The molecule has 96 valence electrons. The molecule has 0 saturated heterocycles. The Hall–Kier alpha value is -2.69. The smallest absolute Gasteiger partial charge is 0.408 e. The molecule has 0 atom stereocenters. The van der Waals surface area contributed by atoms with Crippen molar-refractivity contribution < 1.29 is 4.42 Å². The van der Waals surface area contributed by atoms with Crippen LogP contribution in [0.25, 0.3) is 11.1 Å². The van der Waals surface area contributed by atoms with Crippen LogP contribution in [-0.2, 0) is 7.05 Å². The average molecular weight is 255 g/mol. The number of nitrogens with zero attached hydrogens (tertiary/aromatic N) is 1. The number of nitrogens with one attached hydrogen (secondary N) is 1. The van der Waals surface area contributed by atoms with E-state index in [2.05, 4.69) is 5.32 Å². The summed E-state index contributed by atoms with van der Waals surface area (Å²) in [6.07, 6.45) is 0. The van der Waals surface area contributed by atoms with E-state index in [1.165, 1.54) is 4.57 Å². The van der Waals surface area contributed by atoms with Gasteiger partial charge in [-0.1, -0.05) is 12.1 Å². The maximum atomic E-state index is 11.4. The minimum absolute atomic E-state index is 0.369. The Morgan fingerprint density at radius 3 is 2.79 bits per heavy atom. The van der Waals surface area contributed by atoms with Gasteiger partial charge in [-0.25, -0.2) is 4.79 Å². The number of nitrogens with two attached hydrogens (primary N) is 1. The fourth-order valence-corrected chi connectivity index (χ4v) is 1.98. The van der Waals surface area contributed by atoms with Crippen LogP contribution in [0.2, 0.25) is 0 Å². The van der Waals surface area contributed by atoms with E-state index in [0.717, 1.165) is 16.9 Å². The summed E-state index contributed by atoms with van der Waals surface area (Å²) in [6.45, 7) is 0. The molecule has 0 aliphatic carbocycles. The third kappa shape index (κ3) is 1.95. The van der Waals surface area contributed by atoms with Gasteiger partial charge in [-0.3, -0.25) is 4.57 Å². The summed E-state index contributed by atoms with van der Waals surface area (Å²) < 4.78 is 6.61. The fraction of sp³-hybridized carbons (Fsp3) is 0.0714. The van der Waals surface area contributed by atoms with Gasteiger partial charge >= 0.3 is 5.76 Å². The van der Waals surface area contributed by atoms with Crippen molar-refractivity contribution >= 4 is 28.2 Å². The van der Waals surface area contributed by atoms with Gasteiger partial charge in [0.15, 0.2) is 5.58 Å². The van der Waals surface area contributed by atoms with Crippen LogP contribution in [0.4, 0.5) is 17.1 Å². The van der Waals surface area contributed by atoms with Crippen molar-refractivity contribution in [3.05, 3.63) is 53.0 Å². The number of aromatic nitrogens is 1. The number of aryl methyl sites for hydroxylation is 1. The number of nitrogen functional groups attached to an aromatic ring is 1. The first-order chi connectivity index (χ1) is 9.15. The van der Waals surface area contributed by atoms with Crippen LogP contribution >= 0.6 is 0 Å². The molecule has 5 heteroatoms. The standard InChI is InChI=1S/C14H13N3O2/c1-17-12-7-6-9(8-13(12)19-14(17)18)16-11-5-3-2-4-10(11)15/h2-8,16H,15H2,1H3. The normalized spacial score (nSPS) is 10.8. The Labute approximate surface area is 109 Å². The van der Waals surface area contributed by atoms with Gasteiger partial charge in [0.1, 0.15) is 0 Å². The van der Waals surface area contributed by atoms with Crippen molar-refractivity contribution in [2.45, 2.75) is 0 Å². The molecule has 3 N–H and O–H groups in total. The molecule has 0 amide bonds. The van der Waals surface area contributed by atoms with Crippen molar-refractivity contribution in [3.63, 3.8) is 0 Å². The summed E-state index contributed by atoms with van der Waals surface area (Å²) in [6, 6.07) is 13.0. The van der Waals surface area contributed by atoms with Crippen molar-refractivity contribution in [1.82, 2.24) is 4.57 Å². The first kappa shape index (κ1) is 11.4. The van der Waals surface area contributed by atoms with E-state index in [4.69, 9.17) is 10.2 Å². The Balaban J connectivity index is 2.03. The Morgan fingerprint density at radius 1 is 1.21 bits per heavy atom. The SMILES string of the molecule is Cn1c(=O)oc2cc(Nc3ccccc3N)ccc21. The van der Waals surface area contributed by atoms with Crippen LogP contribution in [0.5, 0.6) is 0 Å². The van der Waals surface area contributed by atoms with Gasteiger partial charge in [-0.05, 0) is 24.3 Å². The van der Waals surface area contributed by atoms with Crippen LogP contribution in [0.1, 0.15) is 0 Å². The predicted molar refractivity (Wildman–Crippen MR) is 75.6 cm³/mol. The molecule has 0 unspecified atom stereocenters. The highest BCUT2D eigenvalue weighted by atomic mass is 16.4. The first-order valence-electron chi connectivity index (χ1n) is 5.86. The zero-order valence-electron chi connectivity index (χ0n) is 10.4. The van der Waals surface area contributed by atoms with Crippen molar-refractivity contribution in [1.29, 1.82) is 0 Å². The van der Waals surface area contributed by atoms with Gasteiger partial charge in [0.05, 0.1) is 16.9 Å². The molecular formula is C14H13N3O2. The maximum Gasteiger partial charge on any atom is 0.419 e. The second kappa shape index (κ2) is 4.20. The summed E-state index contributed by atoms with van der Waals surface area (Å²) in [7, 11) is 1.68. The van der Waals surface area contributed by atoms with Gasteiger partial charge in [-0.2, -0.15) is 0 Å². The number of anilines is 3. The number of hydrogen-bond donors (Lipinski definition) is 2. The summed E-state index contributed by atoms with van der Waals surface area (Å²) in [5.41, 5.74) is 9.48. The van der Waals surface area contributed by atoms with E-state index in [1.54, 1.807) is 13.1 Å². The van der Waals surface area contributed by atoms with Crippen molar-refractivity contribution in [3.8, 4) is 0 Å². The number of oxazole rings is 1. The van der Waals surface area contributed by atoms with E-state index in [0.29, 0.717) is 11.3 Å². The minimum Gasteiger partial charge on any atom is -0.408 e. The summed E-state index contributed by atoms with van der Waals surface area (Å²) >= 11 is 0. The van der Waals surface area contributed by atoms with Gasteiger partial charge in [-0.15, -0.1) is 0 Å². The average Bonchev–Trinajstić information content (AvgIpc) is 2.68. The van der Waals surface area contributed by atoms with Gasteiger partial charge in [0.2, 0.25) is 0 Å². The van der Waals surface area contributed by atoms with E-state index in [9.17, 15) is 4.79 Å². The second-order valence-corrected chi connectivity index (χ2v) is 4.32. The summed E-state index contributed by atoms with van der Waals surface area (Å²) in [4.78, 5) is 11.4. The van der Waals surface area contributed by atoms with E-state index in [-0.39, 0.29) is 5.76 Å². The molecule has 1 heterocycles. The quantitative estimate of drug-likeness (QED) is 0.690. The zero-order valence-corrected chi connectivity index (χ0v) is 10.4. The van der Waals surface area contributed by atoms with Gasteiger partial charge in [0, 0.05) is 18.8 Å². The van der Waals surface area contributed by atoms with Crippen molar-refractivity contribution in [2.24, 2.45) is 7.05 Å². The van der Waals surface area contributed by atoms with Crippen LogP contribution in [0.15, 0.2) is 51.7 Å². The molecule has 2 aromatic carbocycles. The molecule has 5 nitrogen and oxygen atoms in total. The number of hydrogen-bond acceptors (Lipinski definition) is 4. The largest absolute Gasteiger partial charge is 0.419 e. The van der Waals surface area contributed by atoms with Crippen LogP contribution < -0.4 is 16.8 Å². The van der Waals surface area contributed by atoms with E-state index in [1.807, 2.05) is 36.4 Å². The molecule has 3 aromatic rings. The molecule has 19 heavy (non-hydrogen) atoms. The van der Waals surface area contributed by atoms with Gasteiger partial charge in [0.25, 0.3) is 0 Å². The molecule has 0 fully saturated rings. The Bertz CT molecular complexity index is 802. The lowest BCUT2D eigenvalue weighted by atomic mass is 10.2. The summed E-state index contributed by atoms with van der Waals surface area (Å²) in [5.74, 6) is -0.369. The maximum absolute atomic E-state index is 11.4. The molecule has 3 rings (SSSR count). The number of fused-ring (bicyclic) bond motifs is 1. The van der Waals surface area contributed by atoms with Crippen LogP contribution in [0, 0.1) is 0 Å². The van der Waals surface area contributed by atoms with Crippen LogP contribution in [0.3, 0.4) is 0 Å². The topological polar surface area (TPSA) is 73.2 Å². The molecule has 0 radical (unpaired) electrons. The zero-order chi connectivity index (χ0) is 13.4. The van der Waals surface area contributed by atoms with Crippen molar-refractivity contribution in [2.75, 3.05) is 11.1 Å². The first-order valence-corrected chi connectivity index (χ1v) is 5.86. The Morgan fingerprint density at radius 2 is 2.00 bits per heavy atom. The molecule has 0 aliphatic rings. The highest BCUT2D eigenvalue weighted by Crippen LogP contribution is 2.24. The van der Waals surface area contributed by atoms with Gasteiger partial charge < -0.3 is 15.5 Å². The van der Waals surface area contributed by atoms with E-state index >= 15 is 0 Å². The molecule has 1 aromatic heterocycles. The lowest BCUT2D eigenvalue weighted by Crippen LogP contribution is -2.08. The highest BCUT2D eigenvalue weighted by molar-refractivity contribution is 5.81. The highest BCUT2D eigenvalue weighted by Gasteiger charge is 2.06. The molecular weight excluding hydrogens is 242 g/mol. The van der Waals surface area contributed by atoms with Crippen LogP contribution in [-0.4, -0.2) is 4.57 Å². The third-order valence-corrected chi connectivity index (χ3v) is 3.03. The Kier molecular flexibility index (Phi) is 2.52. The second-order valence-electron chi connectivity index (χ2n) is 4.32. The lowest BCUT2D eigenvalue weighted by molar-refractivity contribution is 0.528. The summed E-state index contributed by atoms with van der Waals surface area (Å²) in [5, 5.41) is 3.20. The number of benzene rings is 2. The fourth-order valence-electron chi connectivity index (χ4n) is 1.98. The minimum atomic E-state index is -0.369. The monoisotopic (exact) mass is 255 g/mol. The molecule has 0 saturated carbocycles. The molecule has 0 spiro atoms. The lowest BCUT2D eigenvalue weighted by Gasteiger charge is -2.08. The molecule has 0 aliphatic heterocycles. The number of para-hydroxylation sites is 2. The third-order valence-electron chi connectivity index (χ3n) is 3.03.